The molecule has 0 aliphatic carbocycles. The van der Waals surface area contributed by atoms with Gasteiger partial charge in [-0.15, -0.1) is 11.8 Å². The second-order valence-corrected chi connectivity index (χ2v) is 5.74. The highest BCUT2D eigenvalue weighted by molar-refractivity contribution is 8.00. The summed E-state index contributed by atoms with van der Waals surface area (Å²) in [5.41, 5.74) is -0.903. The van der Waals surface area contributed by atoms with Crippen LogP contribution in [0.3, 0.4) is 0 Å². The van der Waals surface area contributed by atoms with Gasteiger partial charge in [0.2, 0.25) is 5.91 Å². The quantitative estimate of drug-likeness (QED) is 0.847. The Hall–Kier alpha value is -1.50. The van der Waals surface area contributed by atoms with Crippen molar-refractivity contribution in [1.82, 2.24) is 9.13 Å². The summed E-state index contributed by atoms with van der Waals surface area (Å²) >= 11 is 1.49. The average molecular weight is 271 g/mol. The molecule has 0 saturated heterocycles. The van der Waals surface area contributed by atoms with E-state index in [-0.39, 0.29) is 11.7 Å². The van der Waals surface area contributed by atoms with Crippen molar-refractivity contribution in [2.75, 3.05) is 11.1 Å². The van der Waals surface area contributed by atoms with Crippen molar-refractivity contribution in [2.45, 2.75) is 19.1 Å². The third-order valence-corrected chi connectivity index (χ3v) is 3.44. The first-order valence-corrected chi connectivity index (χ1v) is 6.56. The van der Waals surface area contributed by atoms with E-state index in [1.807, 2.05) is 13.8 Å². The zero-order valence-electron chi connectivity index (χ0n) is 10.9. The van der Waals surface area contributed by atoms with Gasteiger partial charge in [-0.2, -0.15) is 0 Å². The van der Waals surface area contributed by atoms with Gasteiger partial charge in [-0.3, -0.25) is 18.7 Å². The molecule has 0 fully saturated rings. The van der Waals surface area contributed by atoms with E-state index in [0.29, 0.717) is 11.0 Å². The van der Waals surface area contributed by atoms with Gasteiger partial charge >= 0.3 is 5.69 Å². The third kappa shape index (κ3) is 3.49. The number of thioether (sulfide) groups is 1. The number of hydrogen-bond donors (Lipinski definition) is 1. The smallest absolute Gasteiger partial charge is 0.311 e. The fourth-order valence-electron chi connectivity index (χ4n) is 1.27. The highest BCUT2D eigenvalue weighted by Crippen LogP contribution is 2.09. The number of rotatable bonds is 4. The van der Waals surface area contributed by atoms with Crippen LogP contribution in [-0.2, 0) is 18.9 Å². The van der Waals surface area contributed by atoms with E-state index >= 15 is 0 Å². The summed E-state index contributed by atoms with van der Waals surface area (Å²) in [4.78, 5) is 34.7. The molecule has 0 spiro atoms. The predicted molar refractivity (Wildman–Crippen MR) is 73.1 cm³/mol. The van der Waals surface area contributed by atoms with Crippen molar-refractivity contribution in [3.05, 3.63) is 26.9 Å². The van der Waals surface area contributed by atoms with Crippen molar-refractivity contribution in [1.29, 1.82) is 0 Å². The molecule has 0 unspecified atom stereocenters. The number of amides is 1. The normalized spacial score (nSPS) is 10.7. The van der Waals surface area contributed by atoms with Crippen LogP contribution in [0.2, 0.25) is 0 Å². The molecule has 0 saturated carbocycles. The van der Waals surface area contributed by atoms with Crippen LogP contribution in [0.25, 0.3) is 0 Å². The minimum atomic E-state index is -0.464. The zero-order chi connectivity index (χ0) is 13.9. The highest BCUT2D eigenvalue weighted by Gasteiger charge is 2.09. The van der Waals surface area contributed by atoms with Crippen LogP contribution in [0, 0.1) is 0 Å². The van der Waals surface area contributed by atoms with E-state index in [9.17, 15) is 14.4 Å². The van der Waals surface area contributed by atoms with Crippen LogP contribution in [-0.4, -0.2) is 26.0 Å². The fraction of sp³-hybridized carbons (Fsp3) is 0.545. The number of carbonyl (C=O) groups excluding carboxylic acids is 1. The first kappa shape index (κ1) is 14.6. The molecule has 6 nitrogen and oxygen atoms in total. The Morgan fingerprint density at radius 2 is 1.94 bits per heavy atom. The van der Waals surface area contributed by atoms with E-state index in [1.165, 1.54) is 36.5 Å². The lowest BCUT2D eigenvalue weighted by Gasteiger charge is -2.11. The molecule has 1 aromatic heterocycles. The van der Waals surface area contributed by atoms with Gasteiger partial charge in [0.1, 0.15) is 5.82 Å². The van der Waals surface area contributed by atoms with Crippen molar-refractivity contribution >= 4 is 23.5 Å². The van der Waals surface area contributed by atoms with Gasteiger partial charge in [0.05, 0.1) is 5.75 Å². The average Bonchev–Trinajstić information content (AvgIpc) is 2.30. The van der Waals surface area contributed by atoms with Gasteiger partial charge in [0, 0.05) is 20.2 Å². The molecule has 0 aromatic carbocycles. The van der Waals surface area contributed by atoms with Gasteiger partial charge in [-0.25, -0.2) is 4.79 Å². The SMILES string of the molecule is CC(C)SCC(=O)Nc1cc(=O)n(C)c(=O)n1C. The lowest BCUT2D eigenvalue weighted by Crippen LogP contribution is -2.38. The summed E-state index contributed by atoms with van der Waals surface area (Å²) < 4.78 is 2.22. The minimum Gasteiger partial charge on any atom is -0.311 e. The summed E-state index contributed by atoms with van der Waals surface area (Å²) in [7, 11) is 2.90. The van der Waals surface area contributed by atoms with E-state index in [4.69, 9.17) is 0 Å². The first-order chi connectivity index (χ1) is 8.32. The van der Waals surface area contributed by atoms with Gasteiger partial charge in [0.25, 0.3) is 5.56 Å². The maximum Gasteiger partial charge on any atom is 0.332 e. The monoisotopic (exact) mass is 271 g/mol. The second kappa shape index (κ2) is 5.90. The van der Waals surface area contributed by atoms with Crippen molar-refractivity contribution < 1.29 is 4.79 Å². The van der Waals surface area contributed by atoms with Crippen molar-refractivity contribution in [3.8, 4) is 0 Å². The summed E-state index contributed by atoms with van der Waals surface area (Å²) in [6, 6.07) is 1.24. The highest BCUT2D eigenvalue weighted by atomic mass is 32.2. The summed E-state index contributed by atoms with van der Waals surface area (Å²) in [5, 5.41) is 2.91. The molecule has 0 bridgehead atoms. The number of hydrogen-bond acceptors (Lipinski definition) is 4. The second-order valence-electron chi connectivity index (χ2n) is 4.18. The van der Waals surface area contributed by atoms with Gasteiger partial charge < -0.3 is 5.32 Å². The molecule has 7 heteroatoms. The number of nitrogens with one attached hydrogen (secondary N) is 1. The molecule has 1 rings (SSSR count). The third-order valence-electron chi connectivity index (χ3n) is 2.34. The molecular formula is C11H17N3O3S. The maximum absolute atomic E-state index is 11.6. The number of carbonyl (C=O) groups is 1. The van der Waals surface area contributed by atoms with Gasteiger partial charge in [-0.1, -0.05) is 13.8 Å². The Labute approximate surface area is 109 Å². The molecule has 0 radical (unpaired) electrons. The standard InChI is InChI=1S/C11H17N3O3S/c1-7(2)18-6-9(15)12-8-5-10(16)14(4)11(17)13(8)3/h5,7H,6H2,1-4H3,(H,12,15). The molecule has 1 amide bonds. The van der Waals surface area contributed by atoms with Crippen molar-refractivity contribution in [2.24, 2.45) is 14.1 Å². The number of aromatic nitrogens is 2. The summed E-state index contributed by atoms with van der Waals surface area (Å²) in [6.45, 7) is 3.98. The molecule has 100 valence electrons. The Balaban J connectivity index is 2.89. The van der Waals surface area contributed by atoms with Crippen LogP contribution in [0.15, 0.2) is 15.7 Å². The lowest BCUT2D eigenvalue weighted by atomic mass is 10.5. The van der Waals surface area contributed by atoms with Gasteiger partial charge in [0.15, 0.2) is 0 Å². The van der Waals surface area contributed by atoms with Crippen LogP contribution in [0.1, 0.15) is 13.8 Å². The number of anilines is 1. The largest absolute Gasteiger partial charge is 0.332 e. The molecule has 1 heterocycles. The molecule has 0 aliphatic rings. The molecule has 0 aliphatic heterocycles. The Morgan fingerprint density at radius 3 is 2.50 bits per heavy atom. The molecular weight excluding hydrogens is 254 g/mol. The maximum atomic E-state index is 11.6. The first-order valence-electron chi connectivity index (χ1n) is 5.51. The summed E-state index contributed by atoms with van der Waals surface area (Å²) in [6.07, 6.45) is 0. The van der Waals surface area contributed by atoms with E-state index < -0.39 is 11.2 Å². The Morgan fingerprint density at radius 1 is 1.33 bits per heavy atom. The van der Waals surface area contributed by atoms with E-state index in [1.54, 1.807) is 0 Å². The van der Waals surface area contributed by atoms with Crippen LogP contribution >= 0.6 is 11.8 Å². The fourth-order valence-corrected chi connectivity index (χ4v) is 1.83. The Kier molecular flexibility index (Phi) is 4.77. The zero-order valence-corrected chi connectivity index (χ0v) is 11.7. The van der Waals surface area contributed by atoms with Crippen molar-refractivity contribution in [3.63, 3.8) is 0 Å². The Bertz CT molecular complexity index is 560. The molecule has 1 aromatic rings. The predicted octanol–water partition coefficient (Wildman–Crippen LogP) is 0.164. The van der Waals surface area contributed by atoms with Crippen LogP contribution in [0.5, 0.6) is 0 Å². The summed E-state index contributed by atoms with van der Waals surface area (Å²) in [5.74, 6) is 0.288. The number of nitrogens with zero attached hydrogens (tertiary/aromatic N) is 2. The lowest BCUT2D eigenvalue weighted by molar-refractivity contribution is -0.113. The van der Waals surface area contributed by atoms with Crippen LogP contribution in [0.4, 0.5) is 5.82 Å². The van der Waals surface area contributed by atoms with Crippen LogP contribution < -0.4 is 16.6 Å². The minimum absolute atomic E-state index is 0.220. The molecule has 0 atom stereocenters. The molecule has 1 N–H and O–H groups in total. The molecule has 18 heavy (non-hydrogen) atoms. The topological polar surface area (TPSA) is 73.1 Å². The van der Waals surface area contributed by atoms with E-state index in [0.717, 1.165) is 4.57 Å². The van der Waals surface area contributed by atoms with E-state index in [2.05, 4.69) is 5.32 Å². The van der Waals surface area contributed by atoms with Gasteiger partial charge in [-0.05, 0) is 5.25 Å².